The van der Waals surface area contributed by atoms with Gasteiger partial charge in [-0.15, -0.1) is 0 Å². The van der Waals surface area contributed by atoms with Gasteiger partial charge < -0.3 is 4.42 Å². The van der Waals surface area contributed by atoms with Crippen LogP contribution in [0.25, 0.3) is 11.3 Å². The van der Waals surface area contributed by atoms with E-state index in [1.807, 2.05) is 36.4 Å². The zero-order valence-corrected chi connectivity index (χ0v) is 7.58. The molecule has 1 nitrogen and oxygen atoms in total. The first kappa shape index (κ1) is 8.11. The zero-order chi connectivity index (χ0) is 9.10. The molecule has 0 atom stereocenters. The lowest BCUT2D eigenvalue weighted by Crippen LogP contribution is -1.72. The molecule has 0 N–H and O–H groups in total. The van der Waals surface area contributed by atoms with E-state index in [4.69, 9.17) is 4.42 Å². The smallest absolute Gasteiger partial charge is 0.134 e. The van der Waals surface area contributed by atoms with Crippen molar-refractivity contribution in [2.45, 2.75) is 13.3 Å². The van der Waals surface area contributed by atoms with Crippen molar-refractivity contribution in [1.82, 2.24) is 0 Å². The molecule has 2 rings (SSSR count). The summed E-state index contributed by atoms with van der Waals surface area (Å²) in [5.41, 5.74) is 1.02. The summed E-state index contributed by atoms with van der Waals surface area (Å²) in [7, 11) is 0. The summed E-state index contributed by atoms with van der Waals surface area (Å²) in [6.07, 6.45) is 0.937. The van der Waals surface area contributed by atoms with Crippen LogP contribution in [0.5, 0.6) is 0 Å². The summed E-state index contributed by atoms with van der Waals surface area (Å²) in [5.74, 6) is 1.92. The van der Waals surface area contributed by atoms with Crippen LogP contribution in [0, 0.1) is 6.07 Å². The molecule has 1 heterocycles. The lowest BCUT2D eigenvalue weighted by atomic mass is 10.2. The highest BCUT2D eigenvalue weighted by Crippen LogP contribution is 2.21. The van der Waals surface area contributed by atoms with E-state index in [0.29, 0.717) is 0 Å². The molecular formula is C12H11O. The third-order valence-electron chi connectivity index (χ3n) is 1.98. The van der Waals surface area contributed by atoms with Gasteiger partial charge in [0, 0.05) is 12.0 Å². The molecule has 2 aromatic rings. The normalized spacial score (nSPS) is 10.2. The lowest BCUT2D eigenvalue weighted by Gasteiger charge is -1.94. The van der Waals surface area contributed by atoms with Gasteiger partial charge in [0.05, 0.1) is 0 Å². The van der Waals surface area contributed by atoms with Crippen molar-refractivity contribution in [3.8, 4) is 11.3 Å². The standard InChI is InChI=1S/C12H11O/c1-2-11-8-9-12(13-11)10-6-4-3-5-7-10/h3-6,8-9H,2H2,1H3. The maximum absolute atomic E-state index is 5.59. The maximum Gasteiger partial charge on any atom is 0.134 e. The number of furan rings is 1. The molecule has 0 saturated carbocycles. The second-order valence-electron chi connectivity index (χ2n) is 2.90. The fourth-order valence-corrected chi connectivity index (χ4v) is 1.26. The van der Waals surface area contributed by atoms with Crippen LogP contribution < -0.4 is 0 Å². The molecule has 0 aliphatic heterocycles. The minimum absolute atomic E-state index is 0.900. The summed E-state index contributed by atoms with van der Waals surface area (Å²) in [4.78, 5) is 0. The highest BCUT2D eigenvalue weighted by atomic mass is 16.3. The van der Waals surface area contributed by atoms with Crippen LogP contribution in [0.15, 0.2) is 40.8 Å². The minimum atomic E-state index is 0.900. The molecular weight excluding hydrogens is 160 g/mol. The van der Waals surface area contributed by atoms with Crippen LogP contribution in [-0.2, 0) is 6.42 Å². The van der Waals surface area contributed by atoms with Crippen molar-refractivity contribution < 1.29 is 4.42 Å². The second-order valence-corrected chi connectivity index (χ2v) is 2.90. The summed E-state index contributed by atoms with van der Waals surface area (Å²) in [6, 6.07) is 15.0. The van der Waals surface area contributed by atoms with Crippen molar-refractivity contribution in [3.63, 3.8) is 0 Å². The van der Waals surface area contributed by atoms with Gasteiger partial charge in [-0.2, -0.15) is 0 Å². The minimum Gasteiger partial charge on any atom is -0.461 e. The van der Waals surface area contributed by atoms with Crippen LogP contribution in [0.1, 0.15) is 12.7 Å². The van der Waals surface area contributed by atoms with E-state index in [0.717, 1.165) is 23.5 Å². The van der Waals surface area contributed by atoms with Crippen molar-refractivity contribution in [2.24, 2.45) is 0 Å². The van der Waals surface area contributed by atoms with Gasteiger partial charge in [0.2, 0.25) is 0 Å². The van der Waals surface area contributed by atoms with E-state index in [9.17, 15) is 0 Å². The van der Waals surface area contributed by atoms with E-state index < -0.39 is 0 Å². The van der Waals surface area contributed by atoms with Crippen LogP contribution >= 0.6 is 0 Å². The predicted molar refractivity (Wildman–Crippen MR) is 52.4 cm³/mol. The molecule has 1 radical (unpaired) electrons. The predicted octanol–water partition coefficient (Wildman–Crippen LogP) is 3.31. The molecule has 0 saturated heterocycles. The van der Waals surface area contributed by atoms with Crippen LogP contribution in [0.3, 0.4) is 0 Å². The van der Waals surface area contributed by atoms with Gasteiger partial charge in [-0.1, -0.05) is 31.2 Å². The van der Waals surface area contributed by atoms with Gasteiger partial charge in [-0.05, 0) is 18.2 Å². The fourth-order valence-electron chi connectivity index (χ4n) is 1.26. The van der Waals surface area contributed by atoms with Crippen LogP contribution in [0.2, 0.25) is 0 Å². The average Bonchev–Trinajstić information content (AvgIpc) is 2.67. The highest BCUT2D eigenvalue weighted by molar-refractivity contribution is 5.56. The molecule has 65 valence electrons. The molecule has 0 bridgehead atoms. The van der Waals surface area contributed by atoms with E-state index in [-0.39, 0.29) is 0 Å². The summed E-state index contributed by atoms with van der Waals surface area (Å²) in [6.45, 7) is 2.08. The second kappa shape index (κ2) is 3.48. The Morgan fingerprint density at radius 3 is 2.77 bits per heavy atom. The van der Waals surface area contributed by atoms with Crippen molar-refractivity contribution in [1.29, 1.82) is 0 Å². The summed E-state index contributed by atoms with van der Waals surface area (Å²) >= 11 is 0. The number of hydrogen-bond donors (Lipinski definition) is 0. The van der Waals surface area contributed by atoms with E-state index in [1.165, 1.54) is 0 Å². The van der Waals surface area contributed by atoms with Crippen LogP contribution in [-0.4, -0.2) is 0 Å². The Kier molecular flexibility index (Phi) is 2.17. The van der Waals surface area contributed by atoms with E-state index >= 15 is 0 Å². The molecule has 0 amide bonds. The summed E-state index contributed by atoms with van der Waals surface area (Å²) in [5, 5.41) is 0. The van der Waals surface area contributed by atoms with Crippen molar-refractivity contribution in [2.75, 3.05) is 0 Å². The average molecular weight is 171 g/mol. The molecule has 0 unspecified atom stereocenters. The van der Waals surface area contributed by atoms with Gasteiger partial charge in [-0.3, -0.25) is 0 Å². The Hall–Kier alpha value is -1.50. The SMILES string of the molecule is CCc1ccc(-c2[c]cccc2)o1. The quantitative estimate of drug-likeness (QED) is 0.675. The van der Waals surface area contributed by atoms with Crippen LogP contribution in [0.4, 0.5) is 0 Å². The monoisotopic (exact) mass is 171 g/mol. The third kappa shape index (κ3) is 1.64. The first-order chi connectivity index (χ1) is 6.40. The van der Waals surface area contributed by atoms with E-state index in [1.54, 1.807) is 0 Å². The maximum atomic E-state index is 5.59. The molecule has 1 heteroatoms. The Balaban J connectivity index is 2.36. The van der Waals surface area contributed by atoms with Gasteiger partial charge in [0.1, 0.15) is 11.5 Å². The van der Waals surface area contributed by atoms with Crippen molar-refractivity contribution >= 4 is 0 Å². The Morgan fingerprint density at radius 2 is 2.15 bits per heavy atom. The lowest BCUT2D eigenvalue weighted by molar-refractivity contribution is 0.529. The summed E-state index contributed by atoms with van der Waals surface area (Å²) < 4.78 is 5.59. The van der Waals surface area contributed by atoms with Crippen molar-refractivity contribution in [3.05, 3.63) is 48.2 Å². The molecule has 1 aromatic heterocycles. The Morgan fingerprint density at radius 1 is 1.23 bits per heavy atom. The zero-order valence-electron chi connectivity index (χ0n) is 7.58. The number of benzene rings is 1. The fraction of sp³-hybridized carbons (Fsp3) is 0.167. The molecule has 13 heavy (non-hydrogen) atoms. The number of aryl methyl sites for hydroxylation is 1. The van der Waals surface area contributed by atoms with Gasteiger partial charge in [0.25, 0.3) is 0 Å². The van der Waals surface area contributed by atoms with Gasteiger partial charge >= 0.3 is 0 Å². The third-order valence-corrected chi connectivity index (χ3v) is 1.98. The Labute approximate surface area is 78.0 Å². The molecule has 0 fully saturated rings. The van der Waals surface area contributed by atoms with E-state index in [2.05, 4.69) is 13.0 Å². The van der Waals surface area contributed by atoms with Gasteiger partial charge in [0.15, 0.2) is 0 Å². The highest BCUT2D eigenvalue weighted by Gasteiger charge is 2.01. The molecule has 0 aliphatic rings. The molecule has 1 aromatic carbocycles. The number of hydrogen-bond acceptors (Lipinski definition) is 1. The Bertz CT molecular complexity index is 373. The topological polar surface area (TPSA) is 13.1 Å². The molecule has 0 aliphatic carbocycles. The van der Waals surface area contributed by atoms with Gasteiger partial charge in [-0.25, -0.2) is 0 Å². The largest absolute Gasteiger partial charge is 0.461 e. The number of rotatable bonds is 2. The first-order valence-electron chi connectivity index (χ1n) is 4.46. The molecule has 0 spiro atoms. The first-order valence-corrected chi connectivity index (χ1v) is 4.46.